The van der Waals surface area contributed by atoms with Crippen molar-refractivity contribution < 1.29 is 26.3 Å². The summed E-state index contributed by atoms with van der Waals surface area (Å²) in [6, 6.07) is 4.16. The van der Waals surface area contributed by atoms with E-state index < -0.39 is 27.5 Å². The molecule has 0 aromatic heterocycles. The Morgan fingerprint density at radius 2 is 2.00 bits per heavy atom. The van der Waals surface area contributed by atoms with Crippen molar-refractivity contribution in [3.8, 4) is 0 Å². The third-order valence-corrected chi connectivity index (χ3v) is 4.81. The van der Waals surface area contributed by atoms with Crippen LogP contribution in [0.1, 0.15) is 30.4 Å². The van der Waals surface area contributed by atoms with Crippen molar-refractivity contribution in [1.82, 2.24) is 4.72 Å². The van der Waals surface area contributed by atoms with E-state index in [2.05, 4.69) is 4.72 Å². The van der Waals surface area contributed by atoms with Crippen molar-refractivity contribution in [3.63, 3.8) is 0 Å². The van der Waals surface area contributed by atoms with Gasteiger partial charge in [-0.3, -0.25) is 0 Å². The van der Waals surface area contributed by atoms with Crippen LogP contribution in [-0.4, -0.2) is 27.7 Å². The van der Waals surface area contributed by atoms with Crippen molar-refractivity contribution >= 4 is 10.0 Å². The predicted molar refractivity (Wildman–Crippen MR) is 75.7 cm³/mol. The lowest BCUT2D eigenvalue weighted by Gasteiger charge is -2.16. The Morgan fingerprint density at radius 3 is 2.73 bits per heavy atom. The standard InChI is InChI=1S/C14H18F3NO3S/c15-14(16,17)12-4-1-3-11(9-12)10-22(19,20)18-13-5-2-7-21-8-6-13/h1,3-4,9,13,18H,2,5-8,10H2. The Bertz CT molecular complexity index is 594. The van der Waals surface area contributed by atoms with Gasteiger partial charge in [-0.25, -0.2) is 13.1 Å². The third kappa shape index (κ3) is 5.26. The van der Waals surface area contributed by atoms with E-state index in [1.54, 1.807) is 0 Å². The van der Waals surface area contributed by atoms with Crippen LogP contribution >= 0.6 is 0 Å². The molecule has 1 aromatic carbocycles. The van der Waals surface area contributed by atoms with Gasteiger partial charge in [-0.2, -0.15) is 13.2 Å². The van der Waals surface area contributed by atoms with Gasteiger partial charge >= 0.3 is 6.18 Å². The number of halogens is 3. The molecule has 1 aromatic rings. The van der Waals surface area contributed by atoms with Crippen molar-refractivity contribution in [2.24, 2.45) is 0 Å². The number of alkyl halides is 3. The van der Waals surface area contributed by atoms with E-state index in [4.69, 9.17) is 4.74 Å². The second-order valence-electron chi connectivity index (χ2n) is 5.32. The number of ether oxygens (including phenoxy) is 1. The van der Waals surface area contributed by atoms with Crippen molar-refractivity contribution in [2.45, 2.75) is 37.2 Å². The number of nitrogens with one attached hydrogen (secondary N) is 1. The van der Waals surface area contributed by atoms with Gasteiger partial charge in [0, 0.05) is 19.3 Å². The van der Waals surface area contributed by atoms with E-state index >= 15 is 0 Å². The van der Waals surface area contributed by atoms with Crippen LogP contribution in [-0.2, 0) is 26.7 Å². The molecule has 1 fully saturated rings. The molecule has 1 aliphatic heterocycles. The summed E-state index contributed by atoms with van der Waals surface area (Å²) in [5, 5.41) is 0. The Hall–Kier alpha value is -1.12. The molecule has 1 saturated heterocycles. The number of benzene rings is 1. The number of hydrogen-bond acceptors (Lipinski definition) is 3. The highest BCUT2D eigenvalue weighted by Gasteiger charge is 2.30. The van der Waals surface area contributed by atoms with Crippen molar-refractivity contribution in [1.29, 1.82) is 0 Å². The van der Waals surface area contributed by atoms with Gasteiger partial charge in [0.2, 0.25) is 10.0 Å². The lowest BCUT2D eigenvalue weighted by Crippen LogP contribution is -2.35. The molecule has 1 unspecified atom stereocenters. The Kier molecular flexibility index (Phi) is 5.46. The fraction of sp³-hybridized carbons (Fsp3) is 0.571. The largest absolute Gasteiger partial charge is 0.416 e. The van der Waals surface area contributed by atoms with E-state index in [0.717, 1.165) is 18.6 Å². The van der Waals surface area contributed by atoms with Crippen LogP contribution in [0.3, 0.4) is 0 Å². The molecule has 124 valence electrons. The first-order valence-corrected chi connectivity index (χ1v) is 8.65. The normalized spacial score (nSPS) is 20.6. The summed E-state index contributed by atoms with van der Waals surface area (Å²) in [5.74, 6) is -0.464. The number of hydrogen-bond donors (Lipinski definition) is 1. The predicted octanol–water partition coefficient (Wildman–Crippen LogP) is 2.69. The van der Waals surface area contributed by atoms with Crippen LogP contribution in [0.5, 0.6) is 0 Å². The maximum Gasteiger partial charge on any atom is 0.416 e. The first kappa shape index (κ1) is 17.2. The Balaban J connectivity index is 2.05. The second kappa shape index (κ2) is 6.97. The lowest BCUT2D eigenvalue weighted by atomic mass is 10.1. The average Bonchev–Trinajstić information content (AvgIpc) is 2.65. The molecule has 8 heteroatoms. The van der Waals surface area contributed by atoms with Gasteiger partial charge in [0.05, 0.1) is 11.3 Å². The van der Waals surface area contributed by atoms with Gasteiger partial charge in [0.15, 0.2) is 0 Å². The van der Waals surface area contributed by atoms with Crippen LogP contribution in [0.25, 0.3) is 0 Å². The van der Waals surface area contributed by atoms with Crippen LogP contribution in [0, 0.1) is 0 Å². The molecule has 22 heavy (non-hydrogen) atoms. The zero-order chi connectivity index (χ0) is 16.2. The fourth-order valence-electron chi connectivity index (χ4n) is 2.37. The van der Waals surface area contributed by atoms with E-state index in [9.17, 15) is 21.6 Å². The molecule has 0 bridgehead atoms. The maximum absolute atomic E-state index is 12.6. The van der Waals surface area contributed by atoms with E-state index in [0.29, 0.717) is 26.1 Å². The van der Waals surface area contributed by atoms with Gasteiger partial charge in [0.25, 0.3) is 0 Å². The third-order valence-electron chi connectivity index (χ3n) is 3.41. The summed E-state index contributed by atoms with van der Waals surface area (Å²) in [7, 11) is -3.69. The Morgan fingerprint density at radius 1 is 1.23 bits per heavy atom. The zero-order valence-electron chi connectivity index (χ0n) is 11.9. The van der Waals surface area contributed by atoms with Gasteiger partial charge < -0.3 is 4.74 Å². The van der Waals surface area contributed by atoms with Gasteiger partial charge in [-0.05, 0) is 30.9 Å². The summed E-state index contributed by atoms with van der Waals surface area (Å²) in [5.41, 5.74) is -0.727. The van der Waals surface area contributed by atoms with E-state index in [1.165, 1.54) is 12.1 Å². The van der Waals surface area contributed by atoms with E-state index in [-0.39, 0.29) is 11.6 Å². The minimum absolute atomic E-state index is 0.118. The zero-order valence-corrected chi connectivity index (χ0v) is 12.7. The topological polar surface area (TPSA) is 55.4 Å². The summed E-state index contributed by atoms with van der Waals surface area (Å²) < 4.78 is 69.9. The minimum atomic E-state index is -4.48. The van der Waals surface area contributed by atoms with E-state index in [1.807, 2.05) is 0 Å². The molecule has 1 aliphatic rings. The molecule has 4 nitrogen and oxygen atoms in total. The van der Waals surface area contributed by atoms with Gasteiger partial charge in [-0.1, -0.05) is 18.2 Å². The molecule has 0 aliphatic carbocycles. The van der Waals surface area contributed by atoms with Crippen molar-refractivity contribution in [2.75, 3.05) is 13.2 Å². The minimum Gasteiger partial charge on any atom is -0.381 e. The molecular formula is C14H18F3NO3S. The summed E-state index contributed by atoms with van der Waals surface area (Å²) >= 11 is 0. The first-order valence-electron chi connectivity index (χ1n) is 7.00. The molecule has 1 heterocycles. The quantitative estimate of drug-likeness (QED) is 0.919. The Labute approximate surface area is 127 Å². The molecular weight excluding hydrogens is 319 g/mol. The van der Waals surface area contributed by atoms with Crippen LogP contribution in [0.2, 0.25) is 0 Å². The smallest absolute Gasteiger partial charge is 0.381 e. The number of sulfonamides is 1. The second-order valence-corrected chi connectivity index (χ2v) is 7.07. The van der Waals surface area contributed by atoms with Crippen LogP contribution < -0.4 is 4.72 Å². The molecule has 1 atom stereocenters. The van der Waals surface area contributed by atoms with Gasteiger partial charge in [-0.15, -0.1) is 0 Å². The summed E-state index contributed by atoms with van der Waals surface area (Å²) in [6.45, 7) is 1.09. The highest BCUT2D eigenvalue weighted by Crippen LogP contribution is 2.29. The van der Waals surface area contributed by atoms with Crippen molar-refractivity contribution in [3.05, 3.63) is 35.4 Å². The first-order chi connectivity index (χ1) is 10.3. The molecule has 1 N–H and O–H groups in total. The highest BCUT2D eigenvalue weighted by molar-refractivity contribution is 7.88. The molecule has 0 radical (unpaired) electrons. The molecule has 0 saturated carbocycles. The SMILES string of the molecule is O=S(=O)(Cc1cccc(C(F)(F)F)c1)NC1CCCOCC1. The molecule has 2 rings (SSSR count). The molecule has 0 spiro atoms. The number of rotatable bonds is 4. The van der Waals surface area contributed by atoms with Crippen LogP contribution in [0.4, 0.5) is 13.2 Å². The lowest BCUT2D eigenvalue weighted by molar-refractivity contribution is -0.137. The average molecular weight is 337 g/mol. The maximum atomic E-state index is 12.6. The van der Waals surface area contributed by atoms with Gasteiger partial charge in [0.1, 0.15) is 0 Å². The van der Waals surface area contributed by atoms with Crippen LogP contribution in [0.15, 0.2) is 24.3 Å². The highest BCUT2D eigenvalue weighted by atomic mass is 32.2. The monoisotopic (exact) mass is 337 g/mol. The summed E-state index contributed by atoms with van der Waals surface area (Å²) in [4.78, 5) is 0. The summed E-state index contributed by atoms with van der Waals surface area (Å²) in [6.07, 6.45) is -2.48. The fourth-order valence-corrected chi connectivity index (χ4v) is 3.82. The molecule has 0 amide bonds.